The largest absolute Gasteiger partial charge is 0.396 e. The predicted octanol–water partition coefficient (Wildman–Crippen LogP) is 2.95. The minimum absolute atomic E-state index is 0.0955. The first-order valence-electron chi connectivity index (χ1n) is 6.89. The van der Waals surface area contributed by atoms with Gasteiger partial charge in [0.15, 0.2) is 0 Å². The highest BCUT2D eigenvalue weighted by molar-refractivity contribution is 4.77. The molecule has 1 rings (SSSR count). The maximum atomic E-state index is 9.15. The summed E-state index contributed by atoms with van der Waals surface area (Å²) in [5.41, 5.74) is 0.0955. The van der Waals surface area contributed by atoms with Crippen molar-refractivity contribution in [2.75, 3.05) is 13.2 Å². The fraction of sp³-hybridized carbons (Fsp3) is 1.00. The highest BCUT2D eigenvalue weighted by Crippen LogP contribution is 2.27. The molecule has 2 N–H and O–H groups in total. The molecule has 0 heterocycles. The molecule has 0 aromatic heterocycles. The molecular formula is C14H29NO. The van der Waals surface area contributed by atoms with Gasteiger partial charge in [-0.3, -0.25) is 0 Å². The highest BCUT2D eigenvalue weighted by atomic mass is 16.3. The molecule has 1 saturated carbocycles. The summed E-state index contributed by atoms with van der Waals surface area (Å²) in [6, 6.07) is 0.680. The van der Waals surface area contributed by atoms with Crippen LogP contribution in [0.3, 0.4) is 0 Å². The number of aliphatic hydroxyl groups excluding tert-OH is 1. The van der Waals surface area contributed by atoms with Crippen LogP contribution in [0.4, 0.5) is 0 Å². The van der Waals surface area contributed by atoms with Gasteiger partial charge in [-0.05, 0) is 50.5 Å². The lowest BCUT2D eigenvalue weighted by atomic mass is 9.89. The summed E-state index contributed by atoms with van der Waals surface area (Å²) in [6.45, 7) is 7.99. The van der Waals surface area contributed by atoms with Crippen LogP contribution in [-0.4, -0.2) is 24.3 Å². The fourth-order valence-electron chi connectivity index (χ4n) is 2.60. The van der Waals surface area contributed by atoms with Gasteiger partial charge >= 0.3 is 0 Å². The molecule has 16 heavy (non-hydrogen) atoms. The third-order valence-corrected chi connectivity index (χ3v) is 4.03. The SMILES string of the molecule is CC(NCCCC(C)(C)CO)C1CCCC1. The first-order valence-corrected chi connectivity index (χ1v) is 6.89. The van der Waals surface area contributed by atoms with E-state index in [4.69, 9.17) is 5.11 Å². The van der Waals surface area contributed by atoms with Gasteiger partial charge in [-0.1, -0.05) is 26.7 Å². The van der Waals surface area contributed by atoms with E-state index in [1.54, 1.807) is 0 Å². The number of aliphatic hydroxyl groups is 1. The van der Waals surface area contributed by atoms with Crippen LogP contribution in [-0.2, 0) is 0 Å². The van der Waals surface area contributed by atoms with E-state index in [1.807, 2.05) is 0 Å². The minimum atomic E-state index is 0.0955. The molecule has 0 radical (unpaired) electrons. The monoisotopic (exact) mass is 227 g/mol. The zero-order valence-corrected chi connectivity index (χ0v) is 11.3. The van der Waals surface area contributed by atoms with E-state index in [-0.39, 0.29) is 5.41 Å². The Morgan fingerprint density at radius 1 is 1.31 bits per heavy atom. The van der Waals surface area contributed by atoms with Crippen LogP contribution in [0.25, 0.3) is 0 Å². The van der Waals surface area contributed by atoms with Gasteiger partial charge in [0.05, 0.1) is 0 Å². The van der Waals surface area contributed by atoms with Gasteiger partial charge in [0.25, 0.3) is 0 Å². The molecule has 2 heteroatoms. The Bertz CT molecular complexity index is 185. The van der Waals surface area contributed by atoms with Crippen LogP contribution in [0, 0.1) is 11.3 Å². The Hall–Kier alpha value is -0.0800. The summed E-state index contributed by atoms with van der Waals surface area (Å²) < 4.78 is 0. The molecule has 1 atom stereocenters. The molecule has 1 unspecified atom stereocenters. The van der Waals surface area contributed by atoms with Crippen molar-refractivity contribution in [3.63, 3.8) is 0 Å². The summed E-state index contributed by atoms with van der Waals surface area (Å²) >= 11 is 0. The molecule has 0 amide bonds. The van der Waals surface area contributed by atoms with Crippen molar-refractivity contribution in [1.82, 2.24) is 5.32 Å². The quantitative estimate of drug-likeness (QED) is 0.655. The van der Waals surface area contributed by atoms with Gasteiger partial charge in [0.1, 0.15) is 0 Å². The van der Waals surface area contributed by atoms with Crippen molar-refractivity contribution in [1.29, 1.82) is 0 Å². The average molecular weight is 227 g/mol. The number of rotatable bonds is 7. The van der Waals surface area contributed by atoms with Crippen molar-refractivity contribution in [2.24, 2.45) is 11.3 Å². The highest BCUT2D eigenvalue weighted by Gasteiger charge is 2.21. The van der Waals surface area contributed by atoms with Crippen molar-refractivity contribution in [3.8, 4) is 0 Å². The first-order chi connectivity index (χ1) is 7.55. The molecular weight excluding hydrogens is 198 g/mol. The molecule has 1 aliphatic carbocycles. The van der Waals surface area contributed by atoms with E-state index < -0.39 is 0 Å². The summed E-state index contributed by atoms with van der Waals surface area (Å²) in [7, 11) is 0. The van der Waals surface area contributed by atoms with Gasteiger partial charge in [-0.15, -0.1) is 0 Å². The predicted molar refractivity (Wildman–Crippen MR) is 69.5 cm³/mol. The van der Waals surface area contributed by atoms with Gasteiger partial charge in [0, 0.05) is 12.6 Å². The van der Waals surface area contributed by atoms with E-state index in [2.05, 4.69) is 26.1 Å². The smallest absolute Gasteiger partial charge is 0.0482 e. The Morgan fingerprint density at radius 2 is 1.94 bits per heavy atom. The second kappa shape index (κ2) is 6.61. The number of hydrogen-bond acceptors (Lipinski definition) is 2. The second-order valence-electron chi connectivity index (χ2n) is 6.21. The van der Waals surface area contributed by atoms with Crippen LogP contribution < -0.4 is 5.32 Å². The van der Waals surface area contributed by atoms with Crippen molar-refractivity contribution in [2.45, 2.75) is 65.3 Å². The lowest BCUT2D eigenvalue weighted by Crippen LogP contribution is -2.33. The van der Waals surface area contributed by atoms with Crippen LogP contribution in [0.2, 0.25) is 0 Å². The first kappa shape index (κ1) is 14.0. The van der Waals surface area contributed by atoms with Crippen LogP contribution in [0.15, 0.2) is 0 Å². The summed E-state index contributed by atoms with van der Waals surface area (Å²) in [4.78, 5) is 0. The molecule has 0 saturated heterocycles. The fourth-order valence-corrected chi connectivity index (χ4v) is 2.60. The summed E-state index contributed by atoms with van der Waals surface area (Å²) in [6.07, 6.45) is 7.95. The Morgan fingerprint density at radius 3 is 2.50 bits per heavy atom. The number of nitrogens with one attached hydrogen (secondary N) is 1. The summed E-state index contributed by atoms with van der Waals surface area (Å²) in [5, 5.41) is 12.8. The van der Waals surface area contributed by atoms with Crippen molar-refractivity contribution < 1.29 is 5.11 Å². The number of hydrogen-bond donors (Lipinski definition) is 2. The van der Waals surface area contributed by atoms with Gasteiger partial charge in [0.2, 0.25) is 0 Å². The lowest BCUT2D eigenvalue weighted by molar-refractivity contribution is 0.147. The lowest BCUT2D eigenvalue weighted by Gasteiger charge is -2.23. The summed E-state index contributed by atoms with van der Waals surface area (Å²) in [5.74, 6) is 0.908. The van der Waals surface area contributed by atoms with Gasteiger partial charge in [-0.25, -0.2) is 0 Å². The maximum absolute atomic E-state index is 9.15. The molecule has 2 nitrogen and oxygen atoms in total. The van der Waals surface area contributed by atoms with Crippen molar-refractivity contribution >= 4 is 0 Å². The van der Waals surface area contributed by atoms with Crippen molar-refractivity contribution in [3.05, 3.63) is 0 Å². The van der Waals surface area contributed by atoms with Crippen LogP contribution in [0.5, 0.6) is 0 Å². The molecule has 0 aromatic rings. The standard InChI is InChI=1S/C14H29NO/c1-12(13-7-4-5-8-13)15-10-6-9-14(2,3)11-16/h12-13,15-16H,4-11H2,1-3H3. The molecule has 1 aliphatic rings. The minimum Gasteiger partial charge on any atom is -0.396 e. The van der Waals surface area contributed by atoms with Gasteiger partial charge in [-0.2, -0.15) is 0 Å². The third kappa shape index (κ3) is 4.84. The van der Waals surface area contributed by atoms with E-state index in [0.29, 0.717) is 12.6 Å². The maximum Gasteiger partial charge on any atom is 0.0482 e. The normalized spacial score (nSPS) is 20.2. The zero-order chi connectivity index (χ0) is 12.0. The molecule has 0 aliphatic heterocycles. The van der Waals surface area contributed by atoms with Crippen LogP contribution >= 0.6 is 0 Å². The topological polar surface area (TPSA) is 32.3 Å². The second-order valence-corrected chi connectivity index (χ2v) is 6.21. The van der Waals surface area contributed by atoms with E-state index >= 15 is 0 Å². The molecule has 1 fully saturated rings. The zero-order valence-electron chi connectivity index (χ0n) is 11.3. The Balaban J connectivity index is 2.06. The van der Waals surface area contributed by atoms with Gasteiger partial charge < -0.3 is 10.4 Å². The third-order valence-electron chi connectivity index (χ3n) is 4.03. The molecule has 0 spiro atoms. The Labute approximate surface area is 101 Å². The van der Waals surface area contributed by atoms with E-state index in [0.717, 1.165) is 18.9 Å². The van der Waals surface area contributed by atoms with E-state index in [9.17, 15) is 0 Å². The molecule has 96 valence electrons. The van der Waals surface area contributed by atoms with E-state index in [1.165, 1.54) is 32.1 Å². The molecule has 0 bridgehead atoms. The average Bonchev–Trinajstić information content (AvgIpc) is 2.77. The Kier molecular flexibility index (Phi) is 5.77. The van der Waals surface area contributed by atoms with Crippen LogP contribution in [0.1, 0.15) is 59.3 Å². The molecule has 0 aromatic carbocycles.